The molecule has 1 aliphatic heterocycles. The summed E-state index contributed by atoms with van der Waals surface area (Å²) in [5, 5.41) is 34.0. The molecule has 2 rings (SSSR count). The molecule has 1 aliphatic rings. The molecule has 2 unspecified atom stereocenters. The van der Waals surface area contributed by atoms with Gasteiger partial charge < -0.3 is 36.4 Å². The molecule has 11 nitrogen and oxygen atoms in total. The number of amides is 2. The number of benzene rings is 1. The van der Waals surface area contributed by atoms with E-state index in [4.69, 9.17) is 5.73 Å². The van der Waals surface area contributed by atoms with Crippen LogP contribution in [0, 0.1) is 0 Å². The summed E-state index contributed by atoms with van der Waals surface area (Å²) in [7, 11) is 0.0811. The van der Waals surface area contributed by atoms with Crippen LogP contribution in [0.1, 0.15) is 31.2 Å². The van der Waals surface area contributed by atoms with Gasteiger partial charge in [-0.15, -0.1) is 0 Å². The summed E-state index contributed by atoms with van der Waals surface area (Å²) in [6, 6.07) is 5.22. The lowest BCUT2D eigenvalue weighted by Crippen LogP contribution is -2.53. The number of rotatable bonds is 13. The molecule has 7 N–H and O–H groups in total. The average Bonchev–Trinajstić information content (AvgIpc) is 2.82. The van der Waals surface area contributed by atoms with Crippen molar-refractivity contribution in [1.29, 1.82) is 0 Å². The molecule has 1 aromatic rings. The van der Waals surface area contributed by atoms with Gasteiger partial charge in [0.2, 0.25) is 11.8 Å². The Morgan fingerprint density at radius 1 is 1.09 bits per heavy atom. The predicted molar refractivity (Wildman–Crippen MR) is 128 cm³/mol. The fraction of sp³-hybridized carbons (Fsp3) is 0.591. The molecule has 2 amide bonds. The fourth-order valence-corrected chi connectivity index (χ4v) is 4.00. The number of carboxylic acid groups (broad SMARTS) is 1. The van der Waals surface area contributed by atoms with E-state index in [1.807, 2.05) is 12.1 Å². The van der Waals surface area contributed by atoms with Gasteiger partial charge in [-0.25, -0.2) is 4.79 Å². The lowest BCUT2D eigenvalue weighted by atomic mass is 9.77. The molecule has 0 aromatic heterocycles. The minimum atomic E-state index is -1.55. The highest BCUT2D eigenvalue weighted by Crippen LogP contribution is 2.10. The molecule has 1 aromatic carbocycles. The molecule has 1 heterocycles. The lowest BCUT2D eigenvalue weighted by Gasteiger charge is -2.35. The van der Waals surface area contributed by atoms with Crippen LogP contribution in [0.4, 0.5) is 0 Å². The van der Waals surface area contributed by atoms with Crippen molar-refractivity contribution >= 4 is 30.4 Å². The Morgan fingerprint density at radius 3 is 2.35 bits per heavy atom. The number of piperazine rings is 1. The van der Waals surface area contributed by atoms with Gasteiger partial charge in [0, 0.05) is 32.7 Å². The average molecular weight is 477 g/mol. The Kier molecular flexibility index (Phi) is 11.4. The van der Waals surface area contributed by atoms with Crippen LogP contribution >= 0.6 is 0 Å². The second-order valence-corrected chi connectivity index (χ2v) is 8.46. The summed E-state index contributed by atoms with van der Waals surface area (Å²) in [5.41, 5.74) is 6.73. The van der Waals surface area contributed by atoms with Gasteiger partial charge in [-0.1, -0.05) is 30.7 Å². The standard InChI is InChI=1S/C22H36BN5O6/c1-25-18(8-4-5-9-24)21(30)26-19(22(31)32)14-20(29)28-12-10-27(11-13-28)15-16-6-2-3-7-17(16)23(33)34/h2-3,6-7,18-19,25,33-34H,4-5,8-15,24H2,1H3,(H,26,30)(H,31,32). The normalized spacial score (nSPS) is 16.1. The number of hydrogen-bond acceptors (Lipinski definition) is 8. The van der Waals surface area contributed by atoms with Crippen molar-refractivity contribution < 1.29 is 29.5 Å². The lowest BCUT2D eigenvalue weighted by molar-refractivity contribution is -0.146. The van der Waals surface area contributed by atoms with Crippen LogP contribution < -0.4 is 21.8 Å². The van der Waals surface area contributed by atoms with E-state index in [9.17, 15) is 29.5 Å². The van der Waals surface area contributed by atoms with Gasteiger partial charge in [-0.3, -0.25) is 14.5 Å². The Hall–Kier alpha value is -2.51. The molecular formula is C22H36BN5O6. The van der Waals surface area contributed by atoms with Crippen molar-refractivity contribution in [3.63, 3.8) is 0 Å². The molecule has 12 heteroatoms. The first kappa shape index (κ1) is 27.7. The molecule has 34 heavy (non-hydrogen) atoms. The van der Waals surface area contributed by atoms with E-state index in [1.165, 1.54) is 0 Å². The number of carboxylic acids is 1. The number of carbonyl (C=O) groups excluding carboxylic acids is 2. The molecule has 1 saturated heterocycles. The maximum atomic E-state index is 12.8. The topological polar surface area (TPSA) is 168 Å². The number of carbonyl (C=O) groups is 3. The third kappa shape index (κ3) is 8.37. The highest BCUT2D eigenvalue weighted by atomic mass is 16.4. The van der Waals surface area contributed by atoms with Crippen molar-refractivity contribution in [2.45, 2.75) is 44.3 Å². The second kappa shape index (κ2) is 14.0. The number of likely N-dealkylation sites (N-methyl/N-ethyl adjacent to an activating group) is 1. The second-order valence-electron chi connectivity index (χ2n) is 8.46. The van der Waals surface area contributed by atoms with Crippen molar-refractivity contribution in [3.05, 3.63) is 29.8 Å². The fourth-order valence-electron chi connectivity index (χ4n) is 4.00. The van der Waals surface area contributed by atoms with Gasteiger partial charge in [0.1, 0.15) is 6.04 Å². The molecular weight excluding hydrogens is 441 g/mol. The smallest absolute Gasteiger partial charge is 0.480 e. The van der Waals surface area contributed by atoms with Crippen LogP contribution in [0.2, 0.25) is 0 Å². The summed E-state index contributed by atoms with van der Waals surface area (Å²) < 4.78 is 0. The number of nitrogens with two attached hydrogens (primary N) is 1. The van der Waals surface area contributed by atoms with E-state index in [-0.39, 0.29) is 12.3 Å². The summed E-state index contributed by atoms with van der Waals surface area (Å²) in [5.74, 6) is -2.03. The first-order valence-electron chi connectivity index (χ1n) is 11.6. The van der Waals surface area contributed by atoms with Crippen LogP contribution in [-0.2, 0) is 20.9 Å². The predicted octanol–water partition coefficient (Wildman–Crippen LogP) is -2.31. The van der Waals surface area contributed by atoms with E-state index in [1.54, 1.807) is 24.1 Å². The molecule has 0 aliphatic carbocycles. The van der Waals surface area contributed by atoms with Crippen molar-refractivity contribution in [2.24, 2.45) is 5.73 Å². The summed E-state index contributed by atoms with van der Waals surface area (Å²) >= 11 is 0. The first-order chi connectivity index (χ1) is 16.3. The Bertz CT molecular complexity index is 819. The maximum Gasteiger partial charge on any atom is 0.488 e. The highest BCUT2D eigenvalue weighted by Gasteiger charge is 2.30. The van der Waals surface area contributed by atoms with Gasteiger partial charge in [-0.2, -0.15) is 0 Å². The number of nitrogens with one attached hydrogen (secondary N) is 2. The number of hydrogen-bond donors (Lipinski definition) is 6. The molecule has 1 fully saturated rings. The number of unbranched alkanes of at least 4 members (excludes halogenated alkanes) is 1. The third-order valence-electron chi connectivity index (χ3n) is 6.06. The Balaban J connectivity index is 1.87. The van der Waals surface area contributed by atoms with Crippen LogP contribution in [0.3, 0.4) is 0 Å². The molecule has 0 saturated carbocycles. The molecule has 0 radical (unpaired) electrons. The molecule has 2 atom stereocenters. The SMILES string of the molecule is CNC(CCCCN)C(=O)NC(CC(=O)N1CCN(Cc2ccccc2B(O)O)CC1)C(=O)O. The highest BCUT2D eigenvalue weighted by molar-refractivity contribution is 6.59. The zero-order chi connectivity index (χ0) is 25.1. The quantitative estimate of drug-likeness (QED) is 0.135. The largest absolute Gasteiger partial charge is 0.488 e. The summed E-state index contributed by atoms with van der Waals surface area (Å²) in [4.78, 5) is 40.6. The Morgan fingerprint density at radius 2 is 1.76 bits per heavy atom. The minimum absolute atomic E-state index is 0.320. The van der Waals surface area contributed by atoms with Crippen LogP contribution in [0.5, 0.6) is 0 Å². The number of aliphatic carboxylic acids is 1. The van der Waals surface area contributed by atoms with E-state index in [2.05, 4.69) is 15.5 Å². The van der Waals surface area contributed by atoms with E-state index < -0.39 is 31.1 Å². The summed E-state index contributed by atoms with van der Waals surface area (Å²) in [6.07, 6.45) is 1.71. The van der Waals surface area contributed by atoms with Crippen molar-refractivity contribution in [3.8, 4) is 0 Å². The summed E-state index contributed by atoms with van der Waals surface area (Å²) in [6.45, 7) is 3.00. The van der Waals surface area contributed by atoms with Gasteiger partial charge in [0.15, 0.2) is 0 Å². The monoisotopic (exact) mass is 477 g/mol. The maximum absolute atomic E-state index is 12.8. The molecule has 0 bridgehead atoms. The zero-order valence-electron chi connectivity index (χ0n) is 19.7. The van der Waals surface area contributed by atoms with Gasteiger partial charge >= 0.3 is 13.1 Å². The van der Waals surface area contributed by atoms with Crippen molar-refractivity contribution in [1.82, 2.24) is 20.4 Å². The first-order valence-corrected chi connectivity index (χ1v) is 11.6. The van der Waals surface area contributed by atoms with Gasteiger partial charge in [0.05, 0.1) is 12.5 Å². The number of nitrogens with zero attached hydrogens (tertiary/aromatic N) is 2. The minimum Gasteiger partial charge on any atom is -0.480 e. The van der Waals surface area contributed by atoms with E-state index in [0.717, 1.165) is 18.4 Å². The van der Waals surface area contributed by atoms with E-state index in [0.29, 0.717) is 51.2 Å². The van der Waals surface area contributed by atoms with Crippen LogP contribution in [0.25, 0.3) is 0 Å². The van der Waals surface area contributed by atoms with Gasteiger partial charge in [-0.05, 0) is 37.5 Å². The van der Waals surface area contributed by atoms with Crippen LogP contribution in [0.15, 0.2) is 24.3 Å². The third-order valence-corrected chi connectivity index (χ3v) is 6.06. The van der Waals surface area contributed by atoms with Crippen molar-refractivity contribution in [2.75, 3.05) is 39.8 Å². The molecule has 188 valence electrons. The zero-order valence-corrected chi connectivity index (χ0v) is 19.7. The van der Waals surface area contributed by atoms with Crippen LogP contribution in [-0.4, -0.2) is 102 Å². The molecule has 0 spiro atoms. The van der Waals surface area contributed by atoms with E-state index >= 15 is 0 Å². The van der Waals surface area contributed by atoms with Gasteiger partial charge in [0.25, 0.3) is 0 Å². The Labute approximate surface area is 200 Å².